The van der Waals surface area contributed by atoms with E-state index in [9.17, 15) is 14.7 Å². The fraction of sp³-hybridized carbons (Fsp3) is 0.571. The molecule has 1 amide bonds. The van der Waals surface area contributed by atoms with Crippen molar-refractivity contribution in [1.29, 1.82) is 0 Å². The Morgan fingerprint density at radius 3 is 2.67 bits per heavy atom. The third-order valence-electron chi connectivity index (χ3n) is 4.28. The number of thiophene rings is 1. The number of carboxylic acid groups (broad SMARTS) is 1. The average molecular weight is 376 g/mol. The first-order valence-corrected chi connectivity index (χ1v) is 8.34. The highest BCUT2D eigenvalue weighted by Crippen LogP contribution is 2.51. The van der Waals surface area contributed by atoms with Gasteiger partial charge in [0.05, 0.1) is 6.10 Å². The number of halogens is 1. The quantitative estimate of drug-likeness (QED) is 0.829. The molecule has 2 unspecified atom stereocenters. The van der Waals surface area contributed by atoms with Gasteiger partial charge in [0.2, 0.25) is 0 Å². The summed E-state index contributed by atoms with van der Waals surface area (Å²) >= 11 is 4.57. The van der Waals surface area contributed by atoms with Crippen LogP contribution in [0.3, 0.4) is 0 Å². The fourth-order valence-electron chi connectivity index (χ4n) is 2.74. The molecular formula is C14H18BrNO4S. The maximum absolute atomic E-state index is 12.4. The third-order valence-corrected chi connectivity index (χ3v) is 6.12. The van der Waals surface area contributed by atoms with Crippen LogP contribution in [0, 0.1) is 5.41 Å². The molecule has 1 heterocycles. The number of rotatable bonds is 5. The number of aliphatic carboxylic acids is 1. The van der Waals surface area contributed by atoms with E-state index in [0.717, 1.165) is 0 Å². The van der Waals surface area contributed by atoms with Gasteiger partial charge in [0.1, 0.15) is 10.4 Å². The zero-order valence-electron chi connectivity index (χ0n) is 12.1. The summed E-state index contributed by atoms with van der Waals surface area (Å²) in [5, 5.41) is 14.1. The molecule has 1 fully saturated rings. The molecule has 1 aromatic heterocycles. The van der Waals surface area contributed by atoms with Gasteiger partial charge in [-0.25, -0.2) is 4.79 Å². The summed E-state index contributed by atoms with van der Waals surface area (Å²) in [5.41, 5.74) is -1.97. The van der Waals surface area contributed by atoms with Gasteiger partial charge in [0.25, 0.3) is 5.91 Å². The zero-order valence-corrected chi connectivity index (χ0v) is 14.5. The molecule has 1 aliphatic carbocycles. The SMILES string of the molecule is CCOC1CC(NC(=O)c2sccc2Br)(C(=O)O)C1(C)C. The summed E-state index contributed by atoms with van der Waals surface area (Å²) in [5.74, 6) is -1.40. The molecule has 0 aliphatic heterocycles. The van der Waals surface area contributed by atoms with Crippen LogP contribution in [0.2, 0.25) is 0 Å². The van der Waals surface area contributed by atoms with Gasteiger partial charge in [-0.2, -0.15) is 0 Å². The fourth-order valence-corrected chi connectivity index (χ4v) is 4.19. The topological polar surface area (TPSA) is 75.6 Å². The molecule has 5 nitrogen and oxygen atoms in total. The lowest BCUT2D eigenvalue weighted by Crippen LogP contribution is -2.76. The second kappa shape index (κ2) is 5.70. The zero-order chi connectivity index (χ0) is 15.8. The molecule has 7 heteroatoms. The van der Waals surface area contributed by atoms with Crippen LogP contribution in [0.4, 0.5) is 0 Å². The molecule has 116 valence electrons. The van der Waals surface area contributed by atoms with Crippen LogP contribution in [0.5, 0.6) is 0 Å². The van der Waals surface area contributed by atoms with Gasteiger partial charge >= 0.3 is 5.97 Å². The van der Waals surface area contributed by atoms with Crippen LogP contribution >= 0.6 is 27.3 Å². The number of nitrogens with one attached hydrogen (secondary N) is 1. The molecule has 1 aliphatic rings. The Balaban J connectivity index is 2.24. The highest BCUT2D eigenvalue weighted by Gasteiger charge is 2.66. The number of ether oxygens (including phenoxy) is 1. The Labute approximate surface area is 135 Å². The Hall–Kier alpha value is -0.920. The van der Waals surface area contributed by atoms with Crippen LogP contribution in [-0.4, -0.2) is 35.2 Å². The summed E-state index contributed by atoms with van der Waals surface area (Å²) in [6, 6.07) is 1.77. The number of carbonyl (C=O) groups excluding carboxylic acids is 1. The Morgan fingerprint density at radius 2 is 2.24 bits per heavy atom. The third kappa shape index (κ3) is 2.51. The van der Waals surface area contributed by atoms with Crippen LogP contribution < -0.4 is 5.32 Å². The monoisotopic (exact) mass is 375 g/mol. The van der Waals surface area contributed by atoms with Crippen molar-refractivity contribution in [3.8, 4) is 0 Å². The predicted octanol–water partition coefficient (Wildman–Crippen LogP) is 2.90. The summed E-state index contributed by atoms with van der Waals surface area (Å²) in [6.45, 7) is 6.02. The summed E-state index contributed by atoms with van der Waals surface area (Å²) in [4.78, 5) is 24.6. The normalized spacial score (nSPS) is 27.0. The van der Waals surface area contributed by atoms with Crippen molar-refractivity contribution in [2.24, 2.45) is 5.41 Å². The molecule has 0 spiro atoms. The minimum Gasteiger partial charge on any atom is -0.479 e. The molecule has 1 saturated carbocycles. The molecule has 0 radical (unpaired) electrons. The predicted molar refractivity (Wildman–Crippen MR) is 83.7 cm³/mol. The van der Waals surface area contributed by atoms with Gasteiger partial charge < -0.3 is 15.2 Å². The van der Waals surface area contributed by atoms with E-state index < -0.39 is 16.9 Å². The number of amides is 1. The second-order valence-electron chi connectivity index (χ2n) is 5.63. The highest BCUT2D eigenvalue weighted by atomic mass is 79.9. The molecule has 2 atom stereocenters. The Morgan fingerprint density at radius 1 is 1.57 bits per heavy atom. The van der Waals surface area contributed by atoms with Crippen LogP contribution in [0.1, 0.15) is 36.9 Å². The number of carboxylic acids is 1. The van der Waals surface area contributed by atoms with Crippen molar-refractivity contribution >= 4 is 39.1 Å². The van der Waals surface area contributed by atoms with Gasteiger partial charge in [-0.15, -0.1) is 11.3 Å². The molecule has 0 saturated heterocycles. The molecule has 21 heavy (non-hydrogen) atoms. The minimum absolute atomic E-state index is 0.175. The van der Waals surface area contributed by atoms with E-state index in [0.29, 0.717) is 16.0 Å². The Bertz CT molecular complexity index is 571. The summed E-state index contributed by atoms with van der Waals surface area (Å²) < 4.78 is 6.24. The van der Waals surface area contributed by atoms with Gasteiger partial charge in [-0.3, -0.25) is 4.79 Å². The molecule has 1 aromatic rings. The van der Waals surface area contributed by atoms with E-state index in [1.54, 1.807) is 11.4 Å². The first kappa shape index (κ1) is 16.5. The number of carbonyl (C=O) groups is 2. The Kier molecular flexibility index (Phi) is 4.46. The maximum Gasteiger partial charge on any atom is 0.330 e. The van der Waals surface area contributed by atoms with Gasteiger partial charge in [-0.1, -0.05) is 13.8 Å². The van der Waals surface area contributed by atoms with Crippen molar-refractivity contribution in [3.63, 3.8) is 0 Å². The van der Waals surface area contributed by atoms with Crippen molar-refractivity contribution in [3.05, 3.63) is 20.8 Å². The van der Waals surface area contributed by atoms with E-state index >= 15 is 0 Å². The smallest absolute Gasteiger partial charge is 0.330 e. The van der Waals surface area contributed by atoms with E-state index in [1.807, 2.05) is 20.8 Å². The summed E-state index contributed by atoms with van der Waals surface area (Å²) in [6.07, 6.45) is 0.100. The molecular weight excluding hydrogens is 358 g/mol. The van der Waals surface area contributed by atoms with Crippen LogP contribution in [0.15, 0.2) is 15.9 Å². The lowest BCUT2D eigenvalue weighted by molar-refractivity contribution is -0.190. The highest BCUT2D eigenvalue weighted by molar-refractivity contribution is 9.10. The van der Waals surface area contributed by atoms with Gasteiger partial charge in [0, 0.05) is 22.9 Å². The van der Waals surface area contributed by atoms with Gasteiger partial charge in [-0.05, 0) is 34.3 Å². The van der Waals surface area contributed by atoms with Crippen LogP contribution in [-0.2, 0) is 9.53 Å². The lowest BCUT2D eigenvalue weighted by atomic mass is 9.54. The maximum atomic E-state index is 12.4. The number of hydrogen-bond acceptors (Lipinski definition) is 4. The largest absolute Gasteiger partial charge is 0.479 e. The van der Waals surface area contributed by atoms with Gasteiger partial charge in [0.15, 0.2) is 0 Å². The van der Waals surface area contributed by atoms with Crippen molar-refractivity contribution in [1.82, 2.24) is 5.32 Å². The molecule has 2 rings (SSSR count). The standard InChI is InChI=1S/C14H18BrNO4S/c1-4-20-9-7-14(12(18)19,13(9,2)3)16-11(17)10-8(15)5-6-21-10/h5-6,9H,4,7H2,1-3H3,(H,16,17)(H,18,19). The van der Waals surface area contributed by atoms with Crippen molar-refractivity contribution in [2.45, 2.75) is 38.8 Å². The molecule has 0 aromatic carbocycles. The van der Waals surface area contributed by atoms with Crippen molar-refractivity contribution in [2.75, 3.05) is 6.61 Å². The average Bonchev–Trinajstić information content (AvgIpc) is 2.83. The summed E-state index contributed by atoms with van der Waals surface area (Å²) in [7, 11) is 0. The first-order valence-electron chi connectivity index (χ1n) is 6.66. The molecule has 0 bridgehead atoms. The van der Waals surface area contributed by atoms with Crippen molar-refractivity contribution < 1.29 is 19.4 Å². The lowest BCUT2D eigenvalue weighted by Gasteiger charge is -2.58. The second-order valence-corrected chi connectivity index (χ2v) is 7.40. The van der Waals surface area contributed by atoms with E-state index in [2.05, 4.69) is 21.2 Å². The minimum atomic E-state index is -1.30. The number of hydrogen-bond donors (Lipinski definition) is 2. The van der Waals surface area contributed by atoms with E-state index in [4.69, 9.17) is 4.74 Å². The first-order chi connectivity index (χ1) is 9.76. The van der Waals surface area contributed by atoms with E-state index in [-0.39, 0.29) is 18.4 Å². The van der Waals surface area contributed by atoms with E-state index in [1.165, 1.54) is 11.3 Å². The molecule has 2 N–H and O–H groups in total. The van der Waals surface area contributed by atoms with Crippen LogP contribution in [0.25, 0.3) is 0 Å².